The molecule has 2 heterocycles. The van der Waals surface area contributed by atoms with Crippen molar-refractivity contribution < 1.29 is 9.53 Å². The van der Waals surface area contributed by atoms with Crippen LogP contribution in [-0.2, 0) is 34.6 Å². The minimum absolute atomic E-state index is 0.0382. The topological polar surface area (TPSA) is 99.0 Å². The van der Waals surface area contributed by atoms with Crippen molar-refractivity contribution in [3.05, 3.63) is 62.6 Å². The zero-order valence-electron chi connectivity index (χ0n) is 18.7. The number of hydrogen-bond donors (Lipinski definition) is 1. The molecule has 0 unspecified atom stereocenters. The van der Waals surface area contributed by atoms with Gasteiger partial charge in [-0.25, -0.2) is 9.78 Å². The zero-order chi connectivity index (χ0) is 22.7. The van der Waals surface area contributed by atoms with Crippen LogP contribution in [0.25, 0.3) is 11.2 Å². The molecule has 1 aliphatic carbocycles. The fourth-order valence-electron chi connectivity index (χ4n) is 4.48. The Morgan fingerprint density at radius 1 is 1.09 bits per heavy atom. The van der Waals surface area contributed by atoms with E-state index in [1.807, 2.05) is 44.2 Å². The Labute approximate surface area is 186 Å². The molecule has 0 bridgehead atoms. The normalized spacial score (nSPS) is 14.9. The Bertz CT molecular complexity index is 1220. The van der Waals surface area contributed by atoms with Gasteiger partial charge in [-0.3, -0.25) is 19.1 Å². The fraction of sp³-hybridized carbons (Fsp3) is 0.500. The summed E-state index contributed by atoms with van der Waals surface area (Å²) in [6.07, 6.45) is 4.99. The lowest BCUT2D eigenvalue weighted by molar-refractivity contribution is -0.156. The fourth-order valence-corrected chi connectivity index (χ4v) is 4.48. The van der Waals surface area contributed by atoms with Crippen molar-refractivity contribution in [3.63, 3.8) is 0 Å². The van der Waals surface area contributed by atoms with Gasteiger partial charge >= 0.3 is 11.7 Å². The molecule has 1 fully saturated rings. The predicted octanol–water partition coefficient (Wildman–Crippen LogP) is 3.26. The number of fused-ring (bicyclic) bond motifs is 1. The van der Waals surface area contributed by atoms with Crippen LogP contribution in [0.3, 0.4) is 0 Å². The second-order valence-electron chi connectivity index (χ2n) is 8.49. The summed E-state index contributed by atoms with van der Waals surface area (Å²) in [4.78, 5) is 45.2. The van der Waals surface area contributed by atoms with Crippen molar-refractivity contribution in [1.29, 1.82) is 0 Å². The number of hydrogen-bond acceptors (Lipinski definition) is 5. The minimum atomic E-state index is -0.608. The molecule has 3 aromatic rings. The Kier molecular flexibility index (Phi) is 6.30. The maximum Gasteiger partial charge on any atom is 0.330 e. The smallest absolute Gasteiger partial charge is 0.330 e. The van der Waals surface area contributed by atoms with Gasteiger partial charge in [0.05, 0.1) is 5.41 Å². The van der Waals surface area contributed by atoms with Gasteiger partial charge in [0, 0.05) is 13.1 Å². The molecule has 1 N–H and O–H groups in total. The standard InChI is InChI=1S/C24H30N4O4/c1-3-5-15-28-20-19(21(29)26-23(28)31)27(14-4-2)18(25-20)16-32-22(30)24(12-9-13-24)17-10-7-6-8-11-17/h6-8,10-11H,3-5,9,12-16H2,1-2H3,(H,26,29,31). The highest BCUT2D eigenvalue weighted by Gasteiger charge is 2.47. The van der Waals surface area contributed by atoms with Crippen molar-refractivity contribution in [3.8, 4) is 0 Å². The lowest BCUT2D eigenvalue weighted by Gasteiger charge is -2.39. The van der Waals surface area contributed by atoms with E-state index in [9.17, 15) is 14.4 Å². The van der Waals surface area contributed by atoms with Crippen LogP contribution in [0.2, 0.25) is 0 Å². The number of H-pyrrole nitrogens is 1. The van der Waals surface area contributed by atoms with Crippen LogP contribution in [0.4, 0.5) is 0 Å². The van der Waals surface area contributed by atoms with E-state index in [4.69, 9.17) is 4.74 Å². The third-order valence-corrected chi connectivity index (χ3v) is 6.40. The van der Waals surface area contributed by atoms with Crippen LogP contribution in [0, 0.1) is 0 Å². The van der Waals surface area contributed by atoms with Crippen LogP contribution in [-0.4, -0.2) is 25.1 Å². The molecule has 0 spiro atoms. The van der Waals surface area contributed by atoms with Gasteiger partial charge in [-0.15, -0.1) is 0 Å². The second kappa shape index (κ2) is 9.14. The summed E-state index contributed by atoms with van der Waals surface area (Å²) in [5.74, 6) is 0.224. The average Bonchev–Trinajstić information content (AvgIpc) is 3.11. The maximum absolute atomic E-state index is 13.2. The van der Waals surface area contributed by atoms with E-state index in [0.29, 0.717) is 30.1 Å². The molecular formula is C24H30N4O4. The number of aromatic amines is 1. The lowest BCUT2D eigenvalue weighted by atomic mass is 9.64. The molecule has 0 atom stereocenters. The molecule has 0 aliphatic heterocycles. The molecule has 8 heteroatoms. The number of benzene rings is 1. The summed E-state index contributed by atoms with van der Waals surface area (Å²) in [5.41, 5.74) is 0.157. The number of aromatic nitrogens is 4. The van der Waals surface area contributed by atoms with Gasteiger partial charge in [-0.05, 0) is 31.2 Å². The first-order chi connectivity index (χ1) is 15.5. The van der Waals surface area contributed by atoms with Crippen LogP contribution in [0.15, 0.2) is 39.9 Å². The average molecular weight is 439 g/mol. The lowest BCUT2D eigenvalue weighted by Crippen LogP contribution is -2.43. The Balaban J connectivity index is 1.67. The number of unbranched alkanes of at least 4 members (excludes halogenated alkanes) is 1. The highest BCUT2D eigenvalue weighted by atomic mass is 16.5. The van der Waals surface area contributed by atoms with Gasteiger partial charge in [0.1, 0.15) is 12.4 Å². The first kappa shape index (κ1) is 22.0. The van der Waals surface area contributed by atoms with Crippen LogP contribution >= 0.6 is 0 Å². The highest BCUT2D eigenvalue weighted by Crippen LogP contribution is 2.44. The van der Waals surface area contributed by atoms with Gasteiger partial charge in [-0.1, -0.05) is 57.0 Å². The first-order valence-electron chi connectivity index (χ1n) is 11.5. The van der Waals surface area contributed by atoms with E-state index in [0.717, 1.165) is 44.1 Å². The van der Waals surface area contributed by atoms with E-state index in [-0.39, 0.29) is 12.6 Å². The molecule has 8 nitrogen and oxygen atoms in total. The third-order valence-electron chi connectivity index (χ3n) is 6.40. The molecule has 0 saturated heterocycles. The molecule has 32 heavy (non-hydrogen) atoms. The molecule has 170 valence electrons. The van der Waals surface area contributed by atoms with E-state index in [2.05, 4.69) is 9.97 Å². The van der Waals surface area contributed by atoms with Crippen molar-refractivity contribution in [2.24, 2.45) is 0 Å². The number of carbonyl (C=O) groups is 1. The molecule has 0 amide bonds. The minimum Gasteiger partial charge on any atom is -0.457 e. The number of ether oxygens (including phenoxy) is 1. The number of rotatable bonds is 9. The van der Waals surface area contributed by atoms with Gasteiger partial charge < -0.3 is 9.30 Å². The number of aryl methyl sites for hydroxylation is 2. The van der Waals surface area contributed by atoms with E-state index in [1.54, 1.807) is 4.57 Å². The van der Waals surface area contributed by atoms with Crippen LogP contribution in [0.1, 0.15) is 63.8 Å². The van der Waals surface area contributed by atoms with Crippen LogP contribution in [0.5, 0.6) is 0 Å². The monoisotopic (exact) mass is 438 g/mol. The number of nitrogens with one attached hydrogen (secondary N) is 1. The Morgan fingerprint density at radius 2 is 1.84 bits per heavy atom. The van der Waals surface area contributed by atoms with Gasteiger partial charge in [-0.2, -0.15) is 0 Å². The molecule has 2 aromatic heterocycles. The summed E-state index contributed by atoms with van der Waals surface area (Å²) < 4.78 is 9.06. The predicted molar refractivity (Wildman–Crippen MR) is 122 cm³/mol. The van der Waals surface area contributed by atoms with Gasteiger partial charge in [0.2, 0.25) is 0 Å². The van der Waals surface area contributed by atoms with Gasteiger partial charge in [0.15, 0.2) is 11.2 Å². The summed E-state index contributed by atoms with van der Waals surface area (Å²) in [5, 5.41) is 0. The molecule has 4 rings (SSSR count). The summed E-state index contributed by atoms with van der Waals surface area (Å²) >= 11 is 0. The molecular weight excluding hydrogens is 408 g/mol. The molecule has 1 aromatic carbocycles. The second-order valence-corrected chi connectivity index (χ2v) is 8.49. The SMILES string of the molecule is CCCCn1c(=O)[nH]c(=O)c2c1nc(COC(=O)C1(c3ccccc3)CCC1)n2CCC. The van der Waals surface area contributed by atoms with E-state index >= 15 is 0 Å². The van der Waals surface area contributed by atoms with E-state index < -0.39 is 16.7 Å². The van der Waals surface area contributed by atoms with Crippen molar-refractivity contribution in [1.82, 2.24) is 19.1 Å². The van der Waals surface area contributed by atoms with E-state index in [1.165, 1.54) is 4.57 Å². The zero-order valence-corrected chi connectivity index (χ0v) is 18.7. The Hall–Kier alpha value is -3.16. The molecule has 1 aliphatic rings. The number of nitrogens with zero attached hydrogens (tertiary/aromatic N) is 3. The summed E-state index contributed by atoms with van der Waals surface area (Å²) in [6, 6.07) is 9.75. The van der Waals surface area contributed by atoms with Crippen molar-refractivity contribution >= 4 is 17.1 Å². The summed E-state index contributed by atoms with van der Waals surface area (Å²) in [7, 11) is 0. The molecule has 0 radical (unpaired) electrons. The van der Waals surface area contributed by atoms with Crippen molar-refractivity contribution in [2.75, 3.05) is 0 Å². The Morgan fingerprint density at radius 3 is 2.47 bits per heavy atom. The van der Waals surface area contributed by atoms with Gasteiger partial charge in [0.25, 0.3) is 5.56 Å². The van der Waals surface area contributed by atoms with Crippen LogP contribution < -0.4 is 11.2 Å². The maximum atomic E-state index is 13.2. The van der Waals surface area contributed by atoms with Crippen molar-refractivity contribution in [2.45, 2.75) is 77.5 Å². The summed E-state index contributed by atoms with van der Waals surface area (Å²) in [6.45, 7) is 5.02. The number of carbonyl (C=O) groups excluding carboxylic acids is 1. The highest BCUT2D eigenvalue weighted by molar-refractivity contribution is 5.84. The number of imidazole rings is 1. The first-order valence-corrected chi connectivity index (χ1v) is 11.5. The molecule has 1 saturated carbocycles. The number of esters is 1. The largest absolute Gasteiger partial charge is 0.457 e. The quantitative estimate of drug-likeness (QED) is 0.517. The third kappa shape index (κ3) is 3.78.